The van der Waals surface area contributed by atoms with Crippen molar-refractivity contribution in [2.75, 3.05) is 0 Å². The van der Waals surface area contributed by atoms with E-state index in [2.05, 4.69) is 26.5 Å². The van der Waals surface area contributed by atoms with Gasteiger partial charge in [0.2, 0.25) is 5.75 Å². The molecule has 0 spiro atoms. The molecule has 150 valence electrons. The lowest BCUT2D eigenvalue weighted by Gasteiger charge is -2.08. The zero-order chi connectivity index (χ0) is 21.5. The number of nitrogens with one attached hydrogen (secondary N) is 1. The molecule has 3 aromatic carbocycles. The fourth-order valence-electron chi connectivity index (χ4n) is 2.45. The maximum atomic E-state index is 12.4. The van der Waals surface area contributed by atoms with E-state index in [0.717, 1.165) is 4.47 Å². The van der Waals surface area contributed by atoms with Crippen LogP contribution in [0.15, 0.2) is 82.4 Å². The first-order valence-electron chi connectivity index (χ1n) is 8.59. The lowest BCUT2D eigenvalue weighted by molar-refractivity contribution is -0.385. The van der Waals surface area contributed by atoms with Crippen molar-refractivity contribution in [3.05, 3.63) is 104 Å². The molecular formula is C21H14BrN3O5. The van der Waals surface area contributed by atoms with Gasteiger partial charge >= 0.3 is 11.7 Å². The quantitative estimate of drug-likeness (QED) is 0.190. The van der Waals surface area contributed by atoms with E-state index in [-0.39, 0.29) is 16.9 Å². The Labute approximate surface area is 179 Å². The van der Waals surface area contributed by atoms with Crippen molar-refractivity contribution in [2.45, 2.75) is 0 Å². The van der Waals surface area contributed by atoms with Crippen LogP contribution in [0.25, 0.3) is 0 Å². The summed E-state index contributed by atoms with van der Waals surface area (Å²) in [6, 6.07) is 18.8. The van der Waals surface area contributed by atoms with E-state index >= 15 is 0 Å². The summed E-state index contributed by atoms with van der Waals surface area (Å²) in [5, 5.41) is 15.2. The first-order valence-corrected chi connectivity index (χ1v) is 9.38. The molecule has 0 heterocycles. The average molecular weight is 468 g/mol. The molecule has 0 radical (unpaired) electrons. The van der Waals surface area contributed by atoms with Crippen LogP contribution in [0.2, 0.25) is 0 Å². The minimum absolute atomic E-state index is 0.157. The first kappa shape index (κ1) is 20.9. The third-order valence-electron chi connectivity index (χ3n) is 3.90. The summed E-state index contributed by atoms with van der Waals surface area (Å²) in [5.74, 6) is -1.48. The van der Waals surface area contributed by atoms with Crippen molar-refractivity contribution < 1.29 is 19.2 Å². The number of esters is 1. The molecule has 9 heteroatoms. The van der Waals surface area contributed by atoms with E-state index < -0.39 is 22.5 Å². The van der Waals surface area contributed by atoms with Gasteiger partial charge in [-0.15, -0.1) is 0 Å². The largest absolute Gasteiger partial charge is 0.415 e. The molecule has 0 saturated heterocycles. The molecule has 0 fully saturated rings. The number of benzene rings is 3. The molecular weight excluding hydrogens is 454 g/mol. The number of nitro benzene ring substituents is 1. The highest BCUT2D eigenvalue weighted by atomic mass is 79.9. The number of halogens is 1. The van der Waals surface area contributed by atoms with Crippen LogP contribution in [0.4, 0.5) is 5.69 Å². The normalized spacial score (nSPS) is 10.6. The van der Waals surface area contributed by atoms with Crippen molar-refractivity contribution in [2.24, 2.45) is 5.10 Å². The Morgan fingerprint density at radius 2 is 1.67 bits per heavy atom. The highest BCUT2D eigenvalue weighted by molar-refractivity contribution is 9.10. The van der Waals surface area contributed by atoms with E-state index in [9.17, 15) is 19.7 Å². The number of carbonyl (C=O) groups is 2. The summed E-state index contributed by atoms with van der Waals surface area (Å²) in [6.45, 7) is 0. The molecule has 0 aliphatic carbocycles. The number of nitro groups is 1. The number of amides is 1. The fourth-order valence-corrected chi connectivity index (χ4v) is 2.72. The summed E-state index contributed by atoms with van der Waals surface area (Å²) in [7, 11) is 0. The van der Waals surface area contributed by atoms with Crippen LogP contribution in [0.1, 0.15) is 26.3 Å². The van der Waals surface area contributed by atoms with Crippen molar-refractivity contribution in [1.29, 1.82) is 0 Å². The second-order valence-corrected chi connectivity index (χ2v) is 6.83. The number of hydrazone groups is 1. The van der Waals surface area contributed by atoms with E-state index in [1.165, 1.54) is 36.5 Å². The highest BCUT2D eigenvalue weighted by Crippen LogP contribution is 2.30. The maximum absolute atomic E-state index is 12.4. The van der Waals surface area contributed by atoms with Crippen LogP contribution in [0.5, 0.6) is 5.75 Å². The third kappa shape index (κ3) is 5.15. The zero-order valence-electron chi connectivity index (χ0n) is 15.3. The Morgan fingerprint density at radius 1 is 0.967 bits per heavy atom. The van der Waals surface area contributed by atoms with Crippen LogP contribution in [-0.2, 0) is 0 Å². The Hall–Kier alpha value is -3.85. The molecule has 0 aliphatic heterocycles. The zero-order valence-corrected chi connectivity index (χ0v) is 16.9. The van der Waals surface area contributed by atoms with Gasteiger partial charge in [0.05, 0.1) is 16.7 Å². The highest BCUT2D eigenvalue weighted by Gasteiger charge is 2.22. The van der Waals surface area contributed by atoms with Gasteiger partial charge in [-0.05, 0) is 42.5 Å². The van der Waals surface area contributed by atoms with Crippen LogP contribution in [0, 0.1) is 10.1 Å². The molecule has 3 rings (SSSR count). The lowest BCUT2D eigenvalue weighted by Crippen LogP contribution is -2.17. The third-order valence-corrected chi connectivity index (χ3v) is 4.43. The Balaban J connectivity index is 1.83. The topological polar surface area (TPSA) is 111 Å². The van der Waals surface area contributed by atoms with E-state index in [0.29, 0.717) is 5.56 Å². The number of rotatable bonds is 6. The minimum Gasteiger partial charge on any atom is -0.415 e. The Kier molecular flexibility index (Phi) is 6.66. The van der Waals surface area contributed by atoms with Gasteiger partial charge in [-0.25, -0.2) is 10.2 Å². The van der Waals surface area contributed by atoms with Gasteiger partial charge in [-0.1, -0.05) is 40.2 Å². The number of carbonyl (C=O) groups excluding carboxylic acids is 2. The van der Waals surface area contributed by atoms with Crippen molar-refractivity contribution >= 4 is 39.7 Å². The van der Waals surface area contributed by atoms with Crippen LogP contribution < -0.4 is 10.2 Å². The molecule has 0 atom stereocenters. The summed E-state index contributed by atoms with van der Waals surface area (Å²) in [5.41, 5.74) is 2.71. The van der Waals surface area contributed by atoms with Gasteiger partial charge in [0, 0.05) is 21.7 Å². The van der Waals surface area contributed by atoms with Crippen molar-refractivity contribution in [3.8, 4) is 5.75 Å². The van der Waals surface area contributed by atoms with Gasteiger partial charge in [0.1, 0.15) is 0 Å². The van der Waals surface area contributed by atoms with E-state index in [1.54, 1.807) is 42.5 Å². The number of hydrogen-bond acceptors (Lipinski definition) is 6. The van der Waals surface area contributed by atoms with Gasteiger partial charge in [0.15, 0.2) is 0 Å². The van der Waals surface area contributed by atoms with Crippen molar-refractivity contribution in [1.82, 2.24) is 5.43 Å². The second-order valence-electron chi connectivity index (χ2n) is 5.91. The van der Waals surface area contributed by atoms with Crippen LogP contribution >= 0.6 is 15.9 Å². The lowest BCUT2D eigenvalue weighted by atomic mass is 10.2. The summed E-state index contributed by atoms with van der Waals surface area (Å²) in [6.07, 6.45) is 1.18. The number of nitrogens with zero attached hydrogens (tertiary/aromatic N) is 2. The Bertz CT molecular complexity index is 1120. The molecule has 3 aromatic rings. The summed E-state index contributed by atoms with van der Waals surface area (Å²) >= 11 is 3.28. The predicted molar refractivity (Wildman–Crippen MR) is 114 cm³/mol. The average Bonchev–Trinajstić information content (AvgIpc) is 2.75. The summed E-state index contributed by atoms with van der Waals surface area (Å²) < 4.78 is 6.11. The van der Waals surface area contributed by atoms with E-state index in [1.807, 2.05) is 0 Å². The molecule has 0 bridgehead atoms. The Morgan fingerprint density at radius 3 is 2.33 bits per heavy atom. The number of ether oxygens (including phenoxy) is 1. The van der Waals surface area contributed by atoms with E-state index in [4.69, 9.17) is 4.74 Å². The second kappa shape index (κ2) is 9.57. The molecule has 0 aromatic heterocycles. The van der Waals surface area contributed by atoms with Gasteiger partial charge in [-0.3, -0.25) is 14.9 Å². The van der Waals surface area contributed by atoms with Crippen molar-refractivity contribution in [3.63, 3.8) is 0 Å². The SMILES string of the molecule is O=C(N/N=C/c1cccc([N+](=O)[O-])c1OC(=O)c1ccccc1)c1ccc(Br)cc1. The maximum Gasteiger partial charge on any atom is 0.343 e. The summed E-state index contributed by atoms with van der Waals surface area (Å²) in [4.78, 5) is 35.2. The number of hydrogen-bond donors (Lipinski definition) is 1. The van der Waals surface area contributed by atoms with Gasteiger partial charge in [0.25, 0.3) is 5.91 Å². The van der Waals surface area contributed by atoms with Gasteiger partial charge < -0.3 is 4.74 Å². The molecule has 1 N–H and O–H groups in total. The smallest absolute Gasteiger partial charge is 0.343 e. The molecule has 30 heavy (non-hydrogen) atoms. The molecule has 1 amide bonds. The van der Waals surface area contributed by atoms with Crippen LogP contribution in [-0.4, -0.2) is 23.0 Å². The predicted octanol–water partition coefficient (Wildman–Crippen LogP) is 4.34. The fraction of sp³-hybridized carbons (Fsp3) is 0. The van der Waals surface area contributed by atoms with Crippen LogP contribution in [0.3, 0.4) is 0 Å². The number of para-hydroxylation sites is 1. The monoisotopic (exact) mass is 467 g/mol. The van der Waals surface area contributed by atoms with Gasteiger partial charge in [-0.2, -0.15) is 5.10 Å². The molecule has 0 aliphatic rings. The standard InChI is InChI=1S/C21H14BrN3O5/c22-17-11-9-14(10-12-17)20(26)24-23-13-16-7-4-8-18(25(28)29)19(16)30-21(27)15-5-2-1-3-6-15/h1-13H,(H,24,26)/b23-13+. The molecule has 0 saturated carbocycles. The molecule has 0 unspecified atom stereocenters. The minimum atomic E-state index is -0.751. The first-order chi connectivity index (χ1) is 14.5. The molecule has 8 nitrogen and oxygen atoms in total.